The van der Waals surface area contributed by atoms with Gasteiger partial charge in [-0.2, -0.15) is 0 Å². The highest BCUT2D eigenvalue weighted by Crippen LogP contribution is 2.35. The van der Waals surface area contributed by atoms with Gasteiger partial charge < -0.3 is 25.3 Å². The summed E-state index contributed by atoms with van der Waals surface area (Å²) < 4.78 is 16.1. The normalized spacial score (nSPS) is 22.2. The topological polar surface area (TPSA) is 82.8 Å². The van der Waals surface area contributed by atoms with Crippen molar-refractivity contribution >= 4 is 5.91 Å². The smallest absolute Gasteiger partial charge is 0.240 e. The van der Waals surface area contributed by atoms with Crippen molar-refractivity contribution < 1.29 is 19.0 Å². The number of benzene rings is 1. The highest BCUT2D eigenvalue weighted by Gasteiger charge is 2.39. The Morgan fingerprint density at radius 1 is 1.08 bits per heavy atom. The molecule has 1 aromatic rings. The van der Waals surface area contributed by atoms with Gasteiger partial charge in [-0.25, -0.2) is 0 Å². The Morgan fingerprint density at radius 3 is 2.20 bits per heavy atom. The number of carbonyl (C=O) groups is 1. The maximum absolute atomic E-state index is 12.7. The van der Waals surface area contributed by atoms with Crippen molar-refractivity contribution in [2.45, 2.75) is 36.6 Å². The number of hydrogen-bond donors (Lipinski definition) is 2. The number of carbonyl (C=O) groups excluding carboxylic acids is 1. The molecule has 138 valence electrons. The minimum absolute atomic E-state index is 0.0739. The second-order valence-corrected chi connectivity index (χ2v) is 7.07. The fourth-order valence-electron chi connectivity index (χ4n) is 3.66. The van der Waals surface area contributed by atoms with Crippen molar-refractivity contribution in [3.63, 3.8) is 0 Å². The maximum Gasteiger partial charge on any atom is 0.240 e. The molecule has 0 saturated carbocycles. The molecule has 25 heavy (non-hydrogen) atoms. The summed E-state index contributed by atoms with van der Waals surface area (Å²) >= 11 is 0. The van der Waals surface area contributed by atoms with Crippen molar-refractivity contribution in [3.05, 3.63) is 29.8 Å². The molecule has 6 heteroatoms. The highest BCUT2D eigenvalue weighted by molar-refractivity contribution is 5.86. The van der Waals surface area contributed by atoms with Crippen molar-refractivity contribution in [1.29, 1.82) is 0 Å². The molecule has 2 aliphatic rings. The first-order valence-corrected chi connectivity index (χ1v) is 8.95. The van der Waals surface area contributed by atoms with Crippen LogP contribution < -0.4 is 15.8 Å². The number of ether oxygens (including phenoxy) is 3. The number of amides is 1. The molecule has 1 aromatic carbocycles. The Kier molecular flexibility index (Phi) is 5.61. The SMILES string of the molecule is COc1ccc(C2(CNC(=O)C3(N)CCOCC3)CCOCC2)cc1. The molecular weight excluding hydrogens is 320 g/mol. The van der Waals surface area contributed by atoms with Gasteiger partial charge in [0.1, 0.15) is 5.75 Å². The lowest BCUT2D eigenvalue weighted by molar-refractivity contribution is -0.130. The summed E-state index contributed by atoms with van der Waals surface area (Å²) in [6.45, 7) is 3.05. The van der Waals surface area contributed by atoms with E-state index >= 15 is 0 Å². The minimum atomic E-state index is -0.815. The molecule has 0 aromatic heterocycles. The van der Waals surface area contributed by atoms with E-state index < -0.39 is 5.54 Å². The molecule has 0 atom stereocenters. The summed E-state index contributed by atoms with van der Waals surface area (Å²) in [5, 5.41) is 3.12. The maximum atomic E-state index is 12.7. The van der Waals surface area contributed by atoms with Crippen LogP contribution in [0.2, 0.25) is 0 Å². The third kappa shape index (κ3) is 3.97. The monoisotopic (exact) mass is 348 g/mol. The van der Waals surface area contributed by atoms with E-state index in [0.717, 1.165) is 18.6 Å². The molecule has 2 heterocycles. The van der Waals surface area contributed by atoms with Gasteiger partial charge in [0.15, 0.2) is 0 Å². The van der Waals surface area contributed by atoms with Crippen LogP contribution in [0.5, 0.6) is 5.75 Å². The van der Waals surface area contributed by atoms with E-state index in [9.17, 15) is 4.79 Å². The number of nitrogens with two attached hydrogens (primary N) is 1. The van der Waals surface area contributed by atoms with Gasteiger partial charge in [-0.15, -0.1) is 0 Å². The lowest BCUT2D eigenvalue weighted by Crippen LogP contribution is -2.59. The van der Waals surface area contributed by atoms with E-state index in [1.807, 2.05) is 12.1 Å². The predicted octanol–water partition coefficient (Wildman–Crippen LogP) is 1.37. The number of nitrogens with one attached hydrogen (secondary N) is 1. The van der Waals surface area contributed by atoms with E-state index in [2.05, 4.69) is 17.4 Å². The first-order chi connectivity index (χ1) is 12.1. The Bertz CT molecular complexity index is 576. The van der Waals surface area contributed by atoms with Crippen LogP contribution >= 0.6 is 0 Å². The van der Waals surface area contributed by atoms with E-state index in [0.29, 0.717) is 45.8 Å². The van der Waals surface area contributed by atoms with Crippen LogP contribution in [0.3, 0.4) is 0 Å². The summed E-state index contributed by atoms with van der Waals surface area (Å²) in [6.07, 6.45) is 2.88. The average molecular weight is 348 g/mol. The number of hydrogen-bond acceptors (Lipinski definition) is 5. The van der Waals surface area contributed by atoms with E-state index in [1.165, 1.54) is 5.56 Å². The van der Waals surface area contributed by atoms with Gasteiger partial charge in [-0.3, -0.25) is 4.79 Å². The van der Waals surface area contributed by atoms with Gasteiger partial charge in [-0.1, -0.05) is 12.1 Å². The van der Waals surface area contributed by atoms with Crippen LogP contribution in [0.1, 0.15) is 31.2 Å². The molecule has 0 unspecified atom stereocenters. The van der Waals surface area contributed by atoms with Crippen molar-refractivity contribution in [2.75, 3.05) is 40.1 Å². The third-order valence-electron chi connectivity index (χ3n) is 5.58. The van der Waals surface area contributed by atoms with Crippen LogP contribution in [-0.4, -0.2) is 51.5 Å². The lowest BCUT2D eigenvalue weighted by Gasteiger charge is -2.39. The number of methoxy groups -OCH3 is 1. The molecule has 0 aliphatic carbocycles. The zero-order valence-electron chi connectivity index (χ0n) is 14.9. The fraction of sp³-hybridized carbons (Fsp3) is 0.632. The molecule has 0 spiro atoms. The van der Waals surface area contributed by atoms with E-state index in [-0.39, 0.29) is 11.3 Å². The van der Waals surface area contributed by atoms with Gasteiger partial charge in [0.2, 0.25) is 5.91 Å². The Balaban J connectivity index is 1.73. The average Bonchev–Trinajstić information content (AvgIpc) is 2.67. The van der Waals surface area contributed by atoms with Crippen LogP contribution in [0, 0.1) is 0 Å². The van der Waals surface area contributed by atoms with Crippen LogP contribution in [0.15, 0.2) is 24.3 Å². The molecule has 2 saturated heterocycles. The van der Waals surface area contributed by atoms with Crippen LogP contribution in [-0.2, 0) is 19.7 Å². The molecule has 1 amide bonds. The van der Waals surface area contributed by atoms with Crippen LogP contribution in [0.4, 0.5) is 0 Å². The van der Waals surface area contributed by atoms with E-state index in [1.54, 1.807) is 7.11 Å². The summed E-state index contributed by atoms with van der Waals surface area (Å²) in [5.74, 6) is 0.758. The van der Waals surface area contributed by atoms with E-state index in [4.69, 9.17) is 19.9 Å². The summed E-state index contributed by atoms with van der Waals surface area (Å²) in [4.78, 5) is 12.7. The van der Waals surface area contributed by atoms with Gasteiger partial charge in [-0.05, 0) is 43.4 Å². The molecule has 6 nitrogen and oxygen atoms in total. The summed E-state index contributed by atoms with van der Waals surface area (Å²) in [6, 6.07) is 8.11. The Morgan fingerprint density at radius 2 is 1.64 bits per heavy atom. The second-order valence-electron chi connectivity index (χ2n) is 7.07. The standard InChI is InChI=1S/C19H28N2O4/c1-23-16-4-2-15(3-5-16)18(6-10-24-11-7-18)14-21-17(22)19(20)8-12-25-13-9-19/h2-5H,6-14,20H2,1H3,(H,21,22). The van der Waals surface area contributed by atoms with Crippen molar-refractivity contribution in [3.8, 4) is 5.75 Å². The van der Waals surface area contributed by atoms with Gasteiger partial charge >= 0.3 is 0 Å². The Labute approximate surface area is 149 Å². The van der Waals surface area contributed by atoms with Crippen LogP contribution in [0.25, 0.3) is 0 Å². The molecule has 2 fully saturated rings. The molecule has 3 N–H and O–H groups in total. The zero-order chi connectivity index (χ0) is 17.8. The fourth-order valence-corrected chi connectivity index (χ4v) is 3.66. The molecule has 0 bridgehead atoms. The lowest BCUT2D eigenvalue weighted by atomic mass is 9.74. The van der Waals surface area contributed by atoms with Gasteiger partial charge in [0.25, 0.3) is 0 Å². The molecule has 3 rings (SSSR count). The highest BCUT2D eigenvalue weighted by atomic mass is 16.5. The molecule has 2 aliphatic heterocycles. The first kappa shape index (κ1) is 18.2. The van der Waals surface area contributed by atoms with Gasteiger partial charge in [0, 0.05) is 38.4 Å². The largest absolute Gasteiger partial charge is 0.497 e. The Hall–Kier alpha value is -1.63. The first-order valence-electron chi connectivity index (χ1n) is 8.95. The zero-order valence-corrected chi connectivity index (χ0v) is 14.9. The number of rotatable bonds is 5. The third-order valence-corrected chi connectivity index (χ3v) is 5.58. The molecular formula is C19H28N2O4. The summed E-state index contributed by atoms with van der Waals surface area (Å²) in [5.41, 5.74) is 6.57. The predicted molar refractivity (Wildman–Crippen MR) is 94.7 cm³/mol. The van der Waals surface area contributed by atoms with Gasteiger partial charge in [0.05, 0.1) is 12.6 Å². The molecule has 0 radical (unpaired) electrons. The summed E-state index contributed by atoms with van der Waals surface area (Å²) in [7, 11) is 1.66. The second kappa shape index (κ2) is 7.72. The minimum Gasteiger partial charge on any atom is -0.497 e. The van der Waals surface area contributed by atoms with Crippen molar-refractivity contribution in [1.82, 2.24) is 5.32 Å². The van der Waals surface area contributed by atoms with Crippen molar-refractivity contribution in [2.24, 2.45) is 5.73 Å². The quantitative estimate of drug-likeness (QED) is 0.840.